The maximum Gasteiger partial charge on any atom is 0.408 e. The van der Waals surface area contributed by atoms with E-state index in [0.29, 0.717) is 37.6 Å². The van der Waals surface area contributed by atoms with Crippen molar-refractivity contribution in [3.05, 3.63) is 12.2 Å². The Hall–Kier alpha value is -2.70. The van der Waals surface area contributed by atoms with Crippen LogP contribution in [0.4, 0.5) is 4.79 Å². The van der Waals surface area contributed by atoms with Crippen LogP contribution in [-0.4, -0.2) is 86.9 Å². The van der Waals surface area contributed by atoms with Gasteiger partial charge in [0.1, 0.15) is 23.2 Å². The molecule has 4 fully saturated rings. The second-order valence-electron chi connectivity index (χ2n) is 14.0. The summed E-state index contributed by atoms with van der Waals surface area (Å²) < 4.78 is 5.47. The molecule has 0 aromatic rings. The van der Waals surface area contributed by atoms with Gasteiger partial charge in [0, 0.05) is 24.5 Å². The van der Waals surface area contributed by atoms with E-state index in [2.05, 4.69) is 28.4 Å². The van der Waals surface area contributed by atoms with Crippen molar-refractivity contribution in [3.63, 3.8) is 0 Å². The first-order chi connectivity index (χ1) is 19.9. The Bertz CT molecular complexity index is 1090. The maximum absolute atomic E-state index is 14.2. The largest absolute Gasteiger partial charge is 0.479 e. The van der Waals surface area contributed by atoms with E-state index < -0.39 is 41.2 Å². The molecular formula is C30H48N6O6. The fourth-order valence-corrected chi connectivity index (χ4v) is 7.00. The van der Waals surface area contributed by atoms with Crippen molar-refractivity contribution >= 4 is 23.9 Å². The first-order valence-electron chi connectivity index (χ1n) is 15.7. The monoisotopic (exact) mass is 588 g/mol. The molecule has 3 amide bonds. The summed E-state index contributed by atoms with van der Waals surface area (Å²) in [6, 6.07) is -1.36. The van der Waals surface area contributed by atoms with Crippen LogP contribution < -0.4 is 21.5 Å². The number of hydrogen-bond donors (Lipinski definition) is 5. The van der Waals surface area contributed by atoms with Crippen LogP contribution in [0.1, 0.15) is 91.9 Å². The van der Waals surface area contributed by atoms with Gasteiger partial charge >= 0.3 is 12.1 Å². The molecule has 2 aliphatic carbocycles. The number of carbonyl (C=O) groups excluding carboxylic acids is 3. The third kappa shape index (κ3) is 6.75. The van der Waals surface area contributed by atoms with Crippen molar-refractivity contribution in [2.75, 3.05) is 6.54 Å². The lowest BCUT2D eigenvalue weighted by atomic mass is 9.84. The van der Waals surface area contributed by atoms with Gasteiger partial charge in [0.25, 0.3) is 0 Å². The summed E-state index contributed by atoms with van der Waals surface area (Å²) in [6.07, 6.45) is 10.8. The standard InChI is InChI=1S/C30H48N6O6/c1-18-12-13-21-23(14-18)34-36(33-21)20-15-24-25(37)32-30(27(39)40)16-19(30)10-8-6-5-7-9-11-22(26(38)35(24)17-20)31-28(41)42-29(2,3)4/h8,10,18-24,33-34H,5-7,9,11-17H2,1-4H3,(H,31,41)(H,32,37)(H,39,40)/b10-8-/t18?,19-,20+,21?,22+,23?,24+,30-/m1/s1. The lowest BCUT2D eigenvalue weighted by Gasteiger charge is -2.30. The second kappa shape index (κ2) is 12.1. The Morgan fingerprint density at radius 3 is 2.57 bits per heavy atom. The van der Waals surface area contributed by atoms with Crippen molar-refractivity contribution < 1.29 is 29.0 Å². The molecular weight excluding hydrogens is 540 g/mol. The topological polar surface area (TPSA) is 152 Å². The summed E-state index contributed by atoms with van der Waals surface area (Å²) >= 11 is 0. The Kier molecular flexibility index (Phi) is 8.87. The molecule has 2 saturated carbocycles. The molecule has 5 rings (SSSR count). The number of carbonyl (C=O) groups is 4. The van der Waals surface area contributed by atoms with E-state index >= 15 is 0 Å². The Balaban J connectivity index is 1.39. The molecule has 12 nitrogen and oxygen atoms in total. The lowest BCUT2D eigenvalue weighted by molar-refractivity contribution is -0.145. The fourth-order valence-electron chi connectivity index (χ4n) is 7.00. The van der Waals surface area contributed by atoms with Crippen LogP contribution in [0, 0.1) is 11.8 Å². The van der Waals surface area contributed by atoms with Gasteiger partial charge < -0.3 is 25.4 Å². The van der Waals surface area contributed by atoms with Gasteiger partial charge in [-0.2, -0.15) is 5.12 Å². The zero-order chi connectivity index (χ0) is 30.2. The second-order valence-corrected chi connectivity index (χ2v) is 14.0. The summed E-state index contributed by atoms with van der Waals surface area (Å²) in [5.41, 5.74) is 5.06. The molecule has 5 aliphatic rings. The smallest absolute Gasteiger partial charge is 0.408 e. The summed E-state index contributed by atoms with van der Waals surface area (Å²) in [5, 5.41) is 17.7. The molecule has 3 unspecified atom stereocenters. The van der Waals surface area contributed by atoms with Gasteiger partial charge in [-0.05, 0) is 78.1 Å². The van der Waals surface area contributed by atoms with Crippen molar-refractivity contribution in [2.45, 2.75) is 133 Å². The number of aliphatic carboxylic acids is 1. The van der Waals surface area contributed by atoms with E-state index in [-0.39, 0.29) is 30.5 Å². The number of nitrogens with zero attached hydrogens (tertiary/aromatic N) is 2. The number of hydrazine groups is 2. The fraction of sp³-hybridized carbons (Fsp3) is 0.800. The first kappa shape index (κ1) is 30.7. The molecule has 3 aliphatic heterocycles. The molecule has 42 heavy (non-hydrogen) atoms. The minimum absolute atomic E-state index is 0.206. The minimum Gasteiger partial charge on any atom is -0.479 e. The Labute approximate surface area is 248 Å². The molecule has 5 N–H and O–H groups in total. The van der Waals surface area contributed by atoms with Gasteiger partial charge in [-0.1, -0.05) is 31.9 Å². The number of alkyl carbamates (subject to hydrolysis) is 1. The highest BCUT2D eigenvalue weighted by Gasteiger charge is 2.61. The average Bonchev–Trinajstić information content (AvgIpc) is 3.22. The number of rotatable bonds is 3. The van der Waals surface area contributed by atoms with Crippen LogP contribution >= 0.6 is 0 Å². The zero-order valence-corrected chi connectivity index (χ0v) is 25.4. The highest BCUT2D eigenvalue weighted by Crippen LogP contribution is 2.45. The molecule has 234 valence electrons. The van der Waals surface area contributed by atoms with Crippen LogP contribution in [-0.2, 0) is 19.1 Å². The van der Waals surface area contributed by atoms with E-state index in [0.717, 1.165) is 38.5 Å². The minimum atomic E-state index is -1.36. The molecule has 3 heterocycles. The van der Waals surface area contributed by atoms with Gasteiger partial charge in [-0.25, -0.2) is 20.4 Å². The van der Waals surface area contributed by atoms with Crippen LogP contribution in [0.2, 0.25) is 0 Å². The maximum atomic E-state index is 14.2. The van der Waals surface area contributed by atoms with Crippen molar-refractivity contribution in [2.24, 2.45) is 11.8 Å². The average molecular weight is 589 g/mol. The van der Waals surface area contributed by atoms with Crippen LogP contribution in [0.15, 0.2) is 12.2 Å². The van der Waals surface area contributed by atoms with Crippen molar-refractivity contribution in [3.8, 4) is 0 Å². The normalized spacial score (nSPS) is 38.7. The number of ether oxygens (including phenoxy) is 1. The predicted molar refractivity (Wildman–Crippen MR) is 155 cm³/mol. The third-order valence-corrected chi connectivity index (χ3v) is 9.42. The molecule has 2 saturated heterocycles. The number of amides is 3. The Morgan fingerprint density at radius 2 is 1.83 bits per heavy atom. The summed E-state index contributed by atoms with van der Waals surface area (Å²) in [7, 11) is 0. The van der Waals surface area contributed by atoms with Crippen LogP contribution in [0.25, 0.3) is 0 Å². The number of carboxylic acid groups (broad SMARTS) is 1. The molecule has 0 aromatic carbocycles. The van der Waals surface area contributed by atoms with Gasteiger partial charge in [-0.15, -0.1) is 0 Å². The number of nitrogens with one attached hydrogen (secondary N) is 4. The molecule has 12 heteroatoms. The van der Waals surface area contributed by atoms with E-state index in [1.165, 1.54) is 0 Å². The summed E-state index contributed by atoms with van der Waals surface area (Å²) in [4.78, 5) is 54.6. The number of allylic oxidation sites excluding steroid dienone is 1. The number of carboxylic acids is 1. The highest BCUT2D eigenvalue weighted by molar-refractivity contribution is 5.96. The summed E-state index contributed by atoms with van der Waals surface area (Å²) in [6.45, 7) is 7.82. The molecule has 0 spiro atoms. The van der Waals surface area contributed by atoms with E-state index in [4.69, 9.17) is 4.74 Å². The zero-order valence-electron chi connectivity index (χ0n) is 25.4. The van der Waals surface area contributed by atoms with Gasteiger partial charge in [0.2, 0.25) is 11.8 Å². The quantitative estimate of drug-likeness (QED) is 0.313. The first-order valence-corrected chi connectivity index (χ1v) is 15.7. The predicted octanol–water partition coefficient (Wildman–Crippen LogP) is 2.21. The Morgan fingerprint density at radius 1 is 1.07 bits per heavy atom. The molecule has 0 bridgehead atoms. The molecule has 8 atom stereocenters. The van der Waals surface area contributed by atoms with E-state index in [1.54, 1.807) is 25.7 Å². The van der Waals surface area contributed by atoms with E-state index in [1.807, 2.05) is 17.3 Å². The van der Waals surface area contributed by atoms with Crippen LogP contribution in [0.3, 0.4) is 0 Å². The van der Waals surface area contributed by atoms with Crippen LogP contribution in [0.5, 0.6) is 0 Å². The van der Waals surface area contributed by atoms with E-state index in [9.17, 15) is 24.3 Å². The number of hydrogen-bond acceptors (Lipinski definition) is 8. The molecule has 0 aromatic heterocycles. The highest BCUT2D eigenvalue weighted by atomic mass is 16.6. The lowest BCUT2D eigenvalue weighted by Crippen LogP contribution is -2.56. The number of fused-ring (bicyclic) bond motifs is 3. The third-order valence-electron chi connectivity index (χ3n) is 9.42. The summed E-state index contributed by atoms with van der Waals surface area (Å²) in [5.74, 6) is -1.54. The van der Waals surface area contributed by atoms with Crippen molar-refractivity contribution in [1.29, 1.82) is 0 Å². The van der Waals surface area contributed by atoms with Crippen molar-refractivity contribution in [1.82, 2.24) is 31.5 Å². The van der Waals surface area contributed by atoms with Gasteiger partial charge in [0.05, 0.1) is 6.04 Å². The molecule has 0 radical (unpaired) electrons. The SMILES string of the molecule is CC1CCC2NN([C@H]3C[C@H]4C(=O)N[C@]5(C(=O)O)C[C@H]5/C=C\CCCCC[C@H](NC(=O)OC(C)(C)C)C(=O)N4C3)NC2C1. The van der Waals surface area contributed by atoms with Gasteiger partial charge in [0.15, 0.2) is 0 Å². The van der Waals surface area contributed by atoms with Gasteiger partial charge in [-0.3, -0.25) is 9.59 Å².